The summed E-state index contributed by atoms with van der Waals surface area (Å²) in [5, 5.41) is 14.8. The minimum atomic E-state index is -4.53. The number of hydrogen-bond donors (Lipinski definition) is 1. The average Bonchev–Trinajstić information content (AvgIpc) is 3.43. The largest absolute Gasteiger partial charge is 0.493 e. The van der Waals surface area contributed by atoms with Gasteiger partial charge in [-0.3, -0.25) is 9.58 Å². The molecule has 13 heteroatoms. The Hall–Kier alpha value is -5.30. The second kappa shape index (κ2) is 14.9. The summed E-state index contributed by atoms with van der Waals surface area (Å²) in [7, 11) is 1.82. The summed E-state index contributed by atoms with van der Waals surface area (Å²) in [5.74, 6) is 1.33. The molecule has 0 spiro atoms. The molecule has 3 aromatic carbocycles. The molecule has 49 heavy (non-hydrogen) atoms. The fourth-order valence-corrected chi connectivity index (χ4v) is 5.81. The maximum atomic E-state index is 13.7. The van der Waals surface area contributed by atoms with E-state index in [1.54, 1.807) is 16.8 Å². The Kier molecular flexibility index (Phi) is 10.2. The van der Waals surface area contributed by atoms with Gasteiger partial charge in [0.15, 0.2) is 0 Å². The van der Waals surface area contributed by atoms with Gasteiger partial charge in [0.1, 0.15) is 30.7 Å². The van der Waals surface area contributed by atoms with E-state index in [-0.39, 0.29) is 26.2 Å². The topological polar surface area (TPSA) is 102 Å². The van der Waals surface area contributed by atoms with Gasteiger partial charge in [-0.2, -0.15) is 23.3 Å². The Morgan fingerprint density at radius 2 is 1.59 bits per heavy atom. The molecule has 1 aliphatic rings. The summed E-state index contributed by atoms with van der Waals surface area (Å²) in [6, 6.07) is 26.9. The van der Waals surface area contributed by atoms with E-state index in [0.29, 0.717) is 48.4 Å². The van der Waals surface area contributed by atoms with E-state index < -0.39 is 24.9 Å². The lowest BCUT2D eigenvalue weighted by Crippen LogP contribution is -2.60. The van der Waals surface area contributed by atoms with Crippen molar-refractivity contribution in [2.45, 2.75) is 31.9 Å². The van der Waals surface area contributed by atoms with Crippen molar-refractivity contribution in [3.8, 4) is 28.8 Å². The van der Waals surface area contributed by atoms with E-state index in [4.69, 9.17) is 29.4 Å². The molecule has 0 saturated carbocycles. The monoisotopic (exact) mass is 675 g/mol. The Bertz CT molecular complexity index is 1870. The van der Waals surface area contributed by atoms with E-state index >= 15 is 0 Å². The summed E-state index contributed by atoms with van der Waals surface area (Å²) < 4.78 is 60.9. The van der Waals surface area contributed by atoms with Crippen LogP contribution < -0.4 is 14.2 Å². The molecular weight excluding hydrogens is 639 g/mol. The molecule has 0 aliphatic carbocycles. The number of pyridine rings is 1. The fraction of sp³-hybridized carbons (Fsp3) is 0.306. The Morgan fingerprint density at radius 3 is 2.27 bits per heavy atom. The number of amides is 1. The van der Waals surface area contributed by atoms with Gasteiger partial charge >= 0.3 is 12.3 Å². The number of aromatic nitrogens is 3. The van der Waals surface area contributed by atoms with Crippen LogP contribution in [0.3, 0.4) is 0 Å². The molecule has 10 nitrogen and oxygen atoms in total. The number of halogens is 3. The first-order valence-electron chi connectivity index (χ1n) is 15.9. The van der Waals surface area contributed by atoms with Gasteiger partial charge in [0.25, 0.3) is 0 Å². The highest BCUT2D eigenvalue weighted by Gasteiger charge is 2.47. The van der Waals surface area contributed by atoms with Gasteiger partial charge < -0.3 is 24.2 Å². The van der Waals surface area contributed by atoms with Crippen LogP contribution in [-0.4, -0.2) is 80.8 Å². The lowest BCUT2D eigenvalue weighted by atomic mass is 10.1. The minimum absolute atomic E-state index is 0.00622. The number of aryl methyl sites for hydroxylation is 1. The predicted molar refractivity (Wildman–Crippen MR) is 177 cm³/mol. The molecule has 1 atom stereocenters. The van der Waals surface area contributed by atoms with Crippen LogP contribution in [0.2, 0.25) is 0 Å². The van der Waals surface area contributed by atoms with Crippen molar-refractivity contribution >= 4 is 17.0 Å². The first-order valence-corrected chi connectivity index (χ1v) is 15.9. The normalized spacial score (nSPS) is 15.3. The molecule has 1 fully saturated rings. The van der Waals surface area contributed by atoms with Crippen LogP contribution in [0.5, 0.6) is 17.5 Å². The van der Waals surface area contributed by atoms with E-state index in [9.17, 15) is 18.0 Å². The molecule has 1 saturated heterocycles. The number of hydrogen-bond acceptors (Lipinski definition) is 7. The van der Waals surface area contributed by atoms with Crippen LogP contribution in [0.15, 0.2) is 91.0 Å². The highest BCUT2D eigenvalue weighted by Crippen LogP contribution is 2.36. The average molecular weight is 676 g/mol. The zero-order chi connectivity index (χ0) is 34.4. The second-order valence-electron chi connectivity index (χ2n) is 11.7. The third-order valence-electron chi connectivity index (χ3n) is 8.36. The van der Waals surface area contributed by atoms with Gasteiger partial charge in [0.2, 0.25) is 11.8 Å². The third-order valence-corrected chi connectivity index (χ3v) is 8.36. The third kappa shape index (κ3) is 8.23. The predicted octanol–water partition coefficient (Wildman–Crippen LogP) is 6.79. The van der Waals surface area contributed by atoms with Crippen molar-refractivity contribution in [1.82, 2.24) is 24.6 Å². The maximum Gasteiger partial charge on any atom is 0.407 e. The molecule has 5 aromatic rings. The van der Waals surface area contributed by atoms with Crippen LogP contribution in [0.25, 0.3) is 22.2 Å². The van der Waals surface area contributed by atoms with Crippen molar-refractivity contribution in [3.05, 3.63) is 102 Å². The molecule has 1 N–H and O–H groups in total. The number of alkyl halides is 3. The Labute approximate surface area is 281 Å². The molecular formula is C36H36F3N5O5. The van der Waals surface area contributed by atoms with Crippen LogP contribution in [0.4, 0.5) is 18.0 Å². The second-order valence-corrected chi connectivity index (χ2v) is 11.7. The van der Waals surface area contributed by atoms with Gasteiger partial charge in [-0.25, -0.2) is 4.79 Å². The van der Waals surface area contributed by atoms with E-state index in [1.165, 1.54) is 4.90 Å². The summed E-state index contributed by atoms with van der Waals surface area (Å²) in [4.78, 5) is 18.0. The molecule has 0 radical (unpaired) electrons. The number of nitrogens with zero attached hydrogens (tertiary/aromatic N) is 5. The van der Waals surface area contributed by atoms with Crippen LogP contribution in [-0.2, 0) is 20.3 Å². The Balaban J connectivity index is 1.16. The van der Waals surface area contributed by atoms with Crippen LogP contribution in [0, 0.1) is 0 Å². The summed E-state index contributed by atoms with van der Waals surface area (Å²) in [6.45, 7) is 0.393. The van der Waals surface area contributed by atoms with E-state index in [2.05, 4.69) is 0 Å². The smallest absolute Gasteiger partial charge is 0.407 e. The van der Waals surface area contributed by atoms with Crippen LogP contribution in [0.1, 0.15) is 17.5 Å². The summed E-state index contributed by atoms with van der Waals surface area (Å²) in [6.07, 6.45) is -5.54. The number of carbonyl (C=O) groups is 1. The van der Waals surface area contributed by atoms with Gasteiger partial charge in [-0.1, -0.05) is 60.7 Å². The standard InChI is InChI=1S/C36H36F3N5O5/c1-42-30-21-27(47-20-8-17-43-18-19-44(35(45)46)22-31(43)36(37,38)39)13-14-28(30)33(41-42)29-15-16-32(48-23-25-9-4-2-5-10-25)40-34(29)49-24-26-11-6-3-7-12-26/h2-7,9-16,21,31H,8,17-20,22-24H2,1H3,(H,45,46). The van der Waals surface area contributed by atoms with Gasteiger partial charge in [-0.05, 0) is 35.7 Å². The number of carboxylic acid groups (broad SMARTS) is 1. The van der Waals surface area contributed by atoms with E-state index in [1.807, 2.05) is 85.9 Å². The molecule has 2 aromatic heterocycles. The van der Waals surface area contributed by atoms with Gasteiger partial charge in [0, 0.05) is 50.7 Å². The molecule has 1 unspecified atom stereocenters. The van der Waals surface area contributed by atoms with Crippen LogP contribution >= 0.6 is 0 Å². The van der Waals surface area contributed by atoms with Crippen molar-refractivity contribution < 1.29 is 37.3 Å². The zero-order valence-corrected chi connectivity index (χ0v) is 26.8. The number of piperazine rings is 1. The quantitative estimate of drug-likeness (QED) is 0.144. The summed E-state index contributed by atoms with van der Waals surface area (Å²) >= 11 is 0. The van der Waals surface area contributed by atoms with Crippen molar-refractivity contribution in [2.75, 3.05) is 32.8 Å². The molecule has 6 rings (SSSR count). The van der Waals surface area contributed by atoms with Gasteiger partial charge in [0.05, 0.1) is 17.7 Å². The first kappa shape index (κ1) is 33.6. The fourth-order valence-electron chi connectivity index (χ4n) is 5.81. The molecule has 3 heterocycles. The number of fused-ring (bicyclic) bond motifs is 1. The van der Waals surface area contributed by atoms with Crippen molar-refractivity contribution in [3.63, 3.8) is 0 Å². The summed E-state index contributed by atoms with van der Waals surface area (Å²) in [5.41, 5.74) is 4.12. The molecule has 0 bridgehead atoms. The molecule has 1 aliphatic heterocycles. The Morgan fingerprint density at radius 1 is 0.898 bits per heavy atom. The SMILES string of the molecule is Cn1nc(-c2ccc(OCc3ccccc3)nc2OCc2ccccc2)c2ccc(OCCCN3CCN(C(=O)O)CC3C(F)(F)F)cc21. The van der Waals surface area contributed by atoms with Crippen molar-refractivity contribution in [2.24, 2.45) is 7.05 Å². The minimum Gasteiger partial charge on any atom is -0.493 e. The zero-order valence-electron chi connectivity index (χ0n) is 26.8. The van der Waals surface area contributed by atoms with Gasteiger partial charge in [-0.15, -0.1) is 0 Å². The van der Waals surface area contributed by atoms with E-state index in [0.717, 1.165) is 26.9 Å². The molecule has 256 valence electrons. The maximum absolute atomic E-state index is 13.7. The lowest BCUT2D eigenvalue weighted by molar-refractivity contribution is -0.195. The number of benzene rings is 3. The van der Waals surface area contributed by atoms with Crippen molar-refractivity contribution in [1.29, 1.82) is 0 Å². The number of ether oxygens (including phenoxy) is 3. The highest BCUT2D eigenvalue weighted by atomic mass is 19.4. The highest BCUT2D eigenvalue weighted by molar-refractivity contribution is 5.95. The lowest BCUT2D eigenvalue weighted by Gasteiger charge is -2.40. The molecule has 1 amide bonds. The number of rotatable bonds is 12. The first-order chi connectivity index (χ1) is 23.7.